The Morgan fingerprint density at radius 2 is 2.36 bits per heavy atom. The first kappa shape index (κ1) is 6.36. The second kappa shape index (κ2) is 2.06. The summed E-state index contributed by atoms with van der Waals surface area (Å²) in [5, 5.41) is 4.15. The van der Waals surface area contributed by atoms with Crippen LogP contribution in [0.1, 0.15) is 0 Å². The Kier molecular flexibility index (Phi) is 1.19. The quantitative estimate of drug-likeness (QED) is 0.618. The van der Waals surface area contributed by atoms with E-state index in [4.69, 9.17) is 17.3 Å². The number of anilines is 1. The fraction of sp³-hybridized carbons (Fsp3) is 0. The lowest BCUT2D eigenvalue weighted by Gasteiger charge is -1.94. The molecular weight excluding hydrogens is 166 g/mol. The number of aromatic nitrogens is 4. The molecule has 11 heavy (non-hydrogen) atoms. The van der Waals surface area contributed by atoms with E-state index in [2.05, 4.69) is 15.1 Å². The average Bonchev–Trinajstić information content (AvgIpc) is 2.34. The van der Waals surface area contributed by atoms with E-state index in [1.165, 1.54) is 10.8 Å². The molecule has 2 aromatic heterocycles. The lowest BCUT2D eigenvalue weighted by Crippen LogP contribution is -1.97. The van der Waals surface area contributed by atoms with Crippen LogP contribution in [0.3, 0.4) is 0 Å². The summed E-state index contributed by atoms with van der Waals surface area (Å²) in [5.74, 6) is 0.287. The first-order valence-electron chi connectivity index (χ1n) is 2.89. The van der Waals surface area contributed by atoms with Crippen LogP contribution in [0.25, 0.3) is 5.65 Å². The van der Waals surface area contributed by atoms with Gasteiger partial charge in [0.2, 0.25) is 0 Å². The maximum absolute atomic E-state index is 5.60. The second-order valence-electron chi connectivity index (χ2n) is 1.98. The van der Waals surface area contributed by atoms with Crippen molar-refractivity contribution in [1.82, 2.24) is 19.6 Å². The zero-order valence-electron chi connectivity index (χ0n) is 5.40. The summed E-state index contributed by atoms with van der Waals surface area (Å²) in [7, 11) is 0. The largest absolute Gasteiger partial charge is 0.381 e. The van der Waals surface area contributed by atoms with Crippen molar-refractivity contribution in [3.8, 4) is 0 Å². The zero-order valence-corrected chi connectivity index (χ0v) is 6.15. The van der Waals surface area contributed by atoms with E-state index < -0.39 is 0 Å². The van der Waals surface area contributed by atoms with Crippen LogP contribution in [0.5, 0.6) is 0 Å². The van der Waals surface area contributed by atoms with Gasteiger partial charge in [0.15, 0.2) is 11.5 Å². The monoisotopic (exact) mass is 169 g/mol. The van der Waals surface area contributed by atoms with Crippen molar-refractivity contribution < 1.29 is 0 Å². The Balaban J connectivity index is 2.91. The number of nitrogens with two attached hydrogens (primary N) is 1. The van der Waals surface area contributed by atoms with Crippen molar-refractivity contribution in [3.05, 3.63) is 17.7 Å². The Bertz CT molecular complexity index is 395. The van der Waals surface area contributed by atoms with Crippen LogP contribution in [0.2, 0.25) is 5.15 Å². The summed E-state index contributed by atoms with van der Waals surface area (Å²) in [6.07, 6.45) is 2.93. The second-order valence-corrected chi connectivity index (χ2v) is 2.36. The van der Waals surface area contributed by atoms with Gasteiger partial charge in [-0.25, -0.2) is 14.5 Å². The van der Waals surface area contributed by atoms with Crippen molar-refractivity contribution >= 4 is 23.1 Å². The minimum atomic E-state index is 0.287. The molecule has 2 N–H and O–H groups in total. The van der Waals surface area contributed by atoms with Crippen molar-refractivity contribution in [2.45, 2.75) is 0 Å². The molecule has 0 aromatic carbocycles. The molecule has 6 heteroatoms. The van der Waals surface area contributed by atoms with E-state index in [9.17, 15) is 0 Å². The van der Waals surface area contributed by atoms with E-state index in [1.807, 2.05) is 0 Å². The van der Waals surface area contributed by atoms with Crippen LogP contribution in [0.4, 0.5) is 5.82 Å². The van der Waals surface area contributed by atoms with Gasteiger partial charge in [0.25, 0.3) is 0 Å². The van der Waals surface area contributed by atoms with Crippen molar-refractivity contribution in [3.63, 3.8) is 0 Å². The predicted octanol–water partition coefficient (Wildman–Crippen LogP) is 0.360. The topological polar surface area (TPSA) is 69.1 Å². The summed E-state index contributed by atoms with van der Waals surface area (Å²) in [6.45, 7) is 0. The fourth-order valence-corrected chi connectivity index (χ4v) is 1.01. The first-order chi connectivity index (χ1) is 5.27. The first-order valence-corrected chi connectivity index (χ1v) is 3.26. The Hall–Kier alpha value is -1.36. The predicted molar refractivity (Wildman–Crippen MR) is 40.2 cm³/mol. The highest BCUT2D eigenvalue weighted by Crippen LogP contribution is 2.10. The Morgan fingerprint density at radius 1 is 1.55 bits per heavy atom. The van der Waals surface area contributed by atoms with Gasteiger partial charge >= 0.3 is 0 Å². The van der Waals surface area contributed by atoms with Gasteiger partial charge in [-0.15, -0.1) is 0 Å². The molecule has 0 aliphatic heterocycles. The van der Waals surface area contributed by atoms with Gasteiger partial charge in [0.05, 0.1) is 6.20 Å². The molecule has 56 valence electrons. The SMILES string of the molecule is Nc1nc(Cl)cn2ncnc12. The molecule has 0 amide bonds. The summed E-state index contributed by atoms with van der Waals surface area (Å²) >= 11 is 5.60. The highest BCUT2D eigenvalue weighted by atomic mass is 35.5. The number of nitrogens with zero attached hydrogens (tertiary/aromatic N) is 4. The highest BCUT2D eigenvalue weighted by Gasteiger charge is 2.01. The van der Waals surface area contributed by atoms with Crippen LogP contribution in [-0.4, -0.2) is 19.6 Å². The molecule has 2 aromatic rings. The molecule has 0 saturated carbocycles. The van der Waals surface area contributed by atoms with Crippen LogP contribution in [0, 0.1) is 0 Å². The Morgan fingerprint density at radius 3 is 3.18 bits per heavy atom. The smallest absolute Gasteiger partial charge is 0.198 e. The third-order valence-corrected chi connectivity index (χ3v) is 1.44. The van der Waals surface area contributed by atoms with Crippen molar-refractivity contribution in [1.29, 1.82) is 0 Å². The summed E-state index contributed by atoms with van der Waals surface area (Å²) in [4.78, 5) is 7.66. The molecule has 2 rings (SSSR count). The van der Waals surface area contributed by atoms with Gasteiger partial charge in [0.1, 0.15) is 11.5 Å². The molecule has 5 nitrogen and oxygen atoms in total. The van der Waals surface area contributed by atoms with E-state index in [0.29, 0.717) is 10.8 Å². The van der Waals surface area contributed by atoms with E-state index in [-0.39, 0.29) is 5.82 Å². The van der Waals surface area contributed by atoms with Crippen LogP contribution < -0.4 is 5.73 Å². The number of fused-ring (bicyclic) bond motifs is 1. The van der Waals surface area contributed by atoms with Gasteiger partial charge in [-0.05, 0) is 0 Å². The van der Waals surface area contributed by atoms with Crippen LogP contribution >= 0.6 is 11.6 Å². The van der Waals surface area contributed by atoms with Gasteiger partial charge in [-0.1, -0.05) is 11.6 Å². The van der Waals surface area contributed by atoms with Crippen LogP contribution in [0.15, 0.2) is 12.5 Å². The van der Waals surface area contributed by atoms with E-state index in [0.717, 1.165) is 0 Å². The standard InChI is InChI=1S/C5H4ClN5/c6-3-1-11-5(4(7)10-3)8-2-9-11/h1-2H,(H2,7,10). The number of halogens is 1. The van der Waals surface area contributed by atoms with E-state index >= 15 is 0 Å². The zero-order chi connectivity index (χ0) is 7.84. The minimum absolute atomic E-state index is 0.287. The third-order valence-electron chi connectivity index (χ3n) is 1.26. The molecule has 0 spiro atoms. The van der Waals surface area contributed by atoms with E-state index in [1.54, 1.807) is 6.20 Å². The molecule has 0 radical (unpaired) electrons. The number of rotatable bonds is 0. The highest BCUT2D eigenvalue weighted by molar-refractivity contribution is 6.29. The number of nitrogen functional groups attached to an aromatic ring is 1. The number of hydrogen-bond acceptors (Lipinski definition) is 4. The molecule has 0 aliphatic carbocycles. The Labute approximate surface area is 66.8 Å². The molecule has 2 heterocycles. The molecule has 0 fully saturated rings. The van der Waals surface area contributed by atoms with Gasteiger partial charge in [0, 0.05) is 0 Å². The molecule has 0 aliphatic rings. The molecule has 0 bridgehead atoms. The third kappa shape index (κ3) is 0.894. The lowest BCUT2D eigenvalue weighted by atomic mass is 10.6. The van der Waals surface area contributed by atoms with Crippen molar-refractivity contribution in [2.75, 3.05) is 5.73 Å². The molecule has 0 atom stereocenters. The molecule has 0 saturated heterocycles. The summed E-state index contributed by atoms with van der Waals surface area (Å²) in [6, 6.07) is 0. The number of hydrogen-bond donors (Lipinski definition) is 1. The minimum Gasteiger partial charge on any atom is -0.381 e. The normalized spacial score (nSPS) is 10.6. The summed E-state index contributed by atoms with van der Waals surface area (Å²) < 4.78 is 1.48. The molecule has 0 unspecified atom stereocenters. The lowest BCUT2D eigenvalue weighted by molar-refractivity contribution is 0.949. The summed E-state index contributed by atoms with van der Waals surface area (Å²) in [5.41, 5.74) is 6.01. The van der Waals surface area contributed by atoms with Gasteiger partial charge in [-0.2, -0.15) is 5.10 Å². The van der Waals surface area contributed by atoms with Gasteiger partial charge < -0.3 is 5.73 Å². The molecular formula is C5H4ClN5. The average molecular weight is 170 g/mol. The van der Waals surface area contributed by atoms with Crippen molar-refractivity contribution in [2.24, 2.45) is 0 Å². The maximum Gasteiger partial charge on any atom is 0.198 e. The fourth-order valence-electron chi connectivity index (χ4n) is 0.823. The van der Waals surface area contributed by atoms with Crippen LogP contribution in [-0.2, 0) is 0 Å². The van der Waals surface area contributed by atoms with Gasteiger partial charge in [-0.3, -0.25) is 0 Å². The maximum atomic E-state index is 5.60.